The number of aromatic nitrogens is 1. The monoisotopic (exact) mass is 406 g/mol. The Balaban J connectivity index is 2.31. The average molecular weight is 407 g/mol. The lowest BCUT2D eigenvalue weighted by atomic mass is 10.0. The molecule has 0 amide bonds. The van der Waals surface area contributed by atoms with Crippen molar-refractivity contribution in [3.63, 3.8) is 0 Å². The summed E-state index contributed by atoms with van der Waals surface area (Å²) in [5, 5.41) is 13.3. The molecule has 8 heteroatoms. The van der Waals surface area contributed by atoms with E-state index < -0.39 is 5.97 Å². The van der Waals surface area contributed by atoms with Gasteiger partial charge in [-0.1, -0.05) is 30.6 Å². The van der Waals surface area contributed by atoms with Crippen LogP contribution in [0.2, 0.25) is 5.02 Å². The fourth-order valence-corrected chi connectivity index (χ4v) is 3.52. The van der Waals surface area contributed by atoms with E-state index in [4.69, 9.17) is 25.8 Å². The lowest BCUT2D eigenvalue weighted by Gasteiger charge is -2.25. The molecule has 1 aliphatic rings. The molecule has 3 rings (SSSR count). The van der Waals surface area contributed by atoms with Gasteiger partial charge >= 0.3 is 5.97 Å². The van der Waals surface area contributed by atoms with Crippen LogP contribution >= 0.6 is 11.6 Å². The maximum atomic E-state index is 12.4. The molecule has 0 saturated carbocycles. The highest BCUT2D eigenvalue weighted by Crippen LogP contribution is 2.42. The van der Waals surface area contributed by atoms with Crippen molar-refractivity contribution in [2.45, 2.75) is 26.8 Å². The Hall–Kier alpha value is -2.67. The number of hydrogen-bond donors (Lipinski definition) is 1. The summed E-state index contributed by atoms with van der Waals surface area (Å²) in [5.41, 5.74) is 1.62. The van der Waals surface area contributed by atoms with Crippen molar-refractivity contribution >= 4 is 17.6 Å². The van der Waals surface area contributed by atoms with Crippen molar-refractivity contribution in [2.24, 2.45) is 11.1 Å². The number of methoxy groups -OCH3 is 1. The molecule has 7 nitrogen and oxygen atoms in total. The number of ether oxygens (including phenoxy) is 3. The third-order valence-electron chi connectivity index (χ3n) is 4.77. The molecule has 1 unspecified atom stereocenters. The van der Waals surface area contributed by atoms with Crippen LogP contribution < -0.4 is 14.8 Å². The van der Waals surface area contributed by atoms with E-state index in [1.54, 1.807) is 31.3 Å². The number of pyridine rings is 1. The zero-order valence-electron chi connectivity index (χ0n) is 16.2. The number of nitrogens with zero attached hydrogens (tertiary/aromatic N) is 2. The fraction of sp³-hybridized carbons (Fsp3) is 0.400. The first kappa shape index (κ1) is 20.1. The molecule has 28 heavy (non-hydrogen) atoms. The van der Waals surface area contributed by atoms with Crippen LogP contribution in [0.4, 0.5) is 0 Å². The normalized spacial score (nSPS) is 16.1. The van der Waals surface area contributed by atoms with Gasteiger partial charge in [0.25, 0.3) is 0 Å². The number of carbonyl (C=O) groups excluding carboxylic acids is 1. The summed E-state index contributed by atoms with van der Waals surface area (Å²) in [5.74, 6) is 0.768. The van der Waals surface area contributed by atoms with Crippen LogP contribution in [-0.4, -0.2) is 36.1 Å². The van der Waals surface area contributed by atoms with Gasteiger partial charge in [-0.2, -0.15) is 0 Å². The highest BCUT2D eigenvalue weighted by molar-refractivity contribution is 6.32. The Kier molecular flexibility index (Phi) is 5.84. The Morgan fingerprint density at radius 2 is 2.18 bits per heavy atom. The van der Waals surface area contributed by atoms with E-state index >= 15 is 0 Å². The summed E-state index contributed by atoms with van der Waals surface area (Å²) in [6.45, 7) is 6.48. The Morgan fingerprint density at radius 3 is 2.79 bits per heavy atom. The van der Waals surface area contributed by atoms with Gasteiger partial charge in [0.15, 0.2) is 0 Å². The largest absolute Gasteiger partial charge is 0.495 e. The van der Waals surface area contributed by atoms with Gasteiger partial charge in [-0.3, -0.25) is 0 Å². The quantitative estimate of drug-likeness (QED) is 0.473. The summed E-state index contributed by atoms with van der Waals surface area (Å²) in [6.07, 6.45) is 1.66. The molecule has 0 aliphatic carbocycles. The van der Waals surface area contributed by atoms with Crippen molar-refractivity contribution in [3.05, 3.63) is 40.3 Å². The van der Waals surface area contributed by atoms with Gasteiger partial charge in [-0.05, 0) is 25.0 Å². The van der Waals surface area contributed by atoms with Gasteiger partial charge in [0.1, 0.15) is 29.0 Å². The number of hydrogen-bond acceptors (Lipinski definition) is 6. The molecule has 150 valence electrons. The van der Waals surface area contributed by atoms with Crippen LogP contribution in [0.25, 0.3) is 11.3 Å². The first-order chi connectivity index (χ1) is 13.4. The predicted molar refractivity (Wildman–Crippen MR) is 104 cm³/mol. The second-order valence-electron chi connectivity index (χ2n) is 6.79. The molecule has 0 saturated heterocycles. The number of halogens is 1. The molecule has 1 aromatic carbocycles. The van der Waals surface area contributed by atoms with Gasteiger partial charge in [-0.15, -0.1) is 0 Å². The number of benzene rings is 1. The van der Waals surface area contributed by atoms with Crippen molar-refractivity contribution in [2.75, 3.05) is 20.3 Å². The van der Waals surface area contributed by atoms with E-state index in [1.807, 2.05) is 4.57 Å². The molecule has 1 aromatic heterocycles. The van der Waals surface area contributed by atoms with Crippen LogP contribution in [0.15, 0.2) is 29.6 Å². The summed E-state index contributed by atoms with van der Waals surface area (Å²) in [7, 11) is 1.54. The molecule has 0 bridgehead atoms. The van der Waals surface area contributed by atoms with Gasteiger partial charge in [-0.25, -0.2) is 4.79 Å². The highest BCUT2D eigenvalue weighted by Gasteiger charge is 2.27. The SMILES string of the molecule is CCOC(=O)c1cn2c(cc1=NO)-c1cc(Cl)c(OC)cc1OCC2C(C)C. The standard InChI is InChI=1S/C20H23ClN2O5/c1-5-27-20(24)13-9-23-16(7-15(13)22-25)12-6-14(21)19(26-4)8-18(12)28-10-17(23)11(2)3/h6-9,11,17,25H,5,10H2,1-4H3. The van der Waals surface area contributed by atoms with Crippen LogP contribution in [0.1, 0.15) is 37.2 Å². The molecule has 1 atom stereocenters. The van der Waals surface area contributed by atoms with Crippen LogP contribution in [0.5, 0.6) is 11.5 Å². The van der Waals surface area contributed by atoms with Gasteiger partial charge < -0.3 is 24.0 Å². The molecule has 1 aliphatic heterocycles. The third-order valence-corrected chi connectivity index (χ3v) is 5.06. The summed E-state index contributed by atoms with van der Waals surface area (Å²) >= 11 is 6.34. The molecule has 0 fully saturated rings. The molecular formula is C20H23ClN2O5. The van der Waals surface area contributed by atoms with E-state index in [9.17, 15) is 10.0 Å². The van der Waals surface area contributed by atoms with Crippen LogP contribution in [-0.2, 0) is 4.74 Å². The Labute approximate surface area is 168 Å². The number of carbonyl (C=O) groups is 1. The molecule has 2 heterocycles. The van der Waals surface area contributed by atoms with Gasteiger partial charge in [0.05, 0.1) is 30.5 Å². The molecule has 0 spiro atoms. The van der Waals surface area contributed by atoms with Gasteiger partial charge in [0.2, 0.25) is 0 Å². The van der Waals surface area contributed by atoms with Gasteiger partial charge in [0, 0.05) is 17.8 Å². The van der Waals surface area contributed by atoms with Crippen LogP contribution in [0, 0.1) is 5.92 Å². The predicted octanol–water partition coefficient (Wildman–Crippen LogP) is 3.87. The second-order valence-corrected chi connectivity index (χ2v) is 7.20. The zero-order chi connectivity index (χ0) is 20.4. The third kappa shape index (κ3) is 3.54. The smallest absolute Gasteiger partial charge is 0.341 e. The summed E-state index contributed by atoms with van der Waals surface area (Å²) in [6, 6.07) is 5.06. The minimum atomic E-state index is -0.550. The number of rotatable bonds is 4. The van der Waals surface area contributed by atoms with Crippen molar-refractivity contribution in [1.29, 1.82) is 0 Å². The Morgan fingerprint density at radius 1 is 1.43 bits per heavy atom. The topological polar surface area (TPSA) is 82.3 Å². The first-order valence-electron chi connectivity index (χ1n) is 9.03. The number of fused-ring (bicyclic) bond motifs is 3. The average Bonchev–Trinajstić information content (AvgIpc) is 2.82. The molecule has 2 aromatic rings. The lowest BCUT2D eigenvalue weighted by Crippen LogP contribution is -2.27. The summed E-state index contributed by atoms with van der Waals surface area (Å²) in [4.78, 5) is 12.4. The van der Waals surface area contributed by atoms with E-state index in [0.717, 1.165) is 5.69 Å². The highest BCUT2D eigenvalue weighted by atomic mass is 35.5. The number of esters is 1. The van der Waals surface area contributed by atoms with E-state index in [2.05, 4.69) is 19.0 Å². The minimum Gasteiger partial charge on any atom is -0.495 e. The fourth-order valence-electron chi connectivity index (χ4n) is 3.28. The minimum absolute atomic E-state index is 0.0620. The Bertz CT molecular complexity index is 968. The van der Waals surface area contributed by atoms with E-state index in [1.165, 1.54) is 7.11 Å². The van der Waals surface area contributed by atoms with Crippen molar-refractivity contribution < 1.29 is 24.2 Å². The second kappa shape index (κ2) is 8.14. The zero-order valence-corrected chi connectivity index (χ0v) is 17.0. The maximum absolute atomic E-state index is 12.4. The van der Waals surface area contributed by atoms with Crippen molar-refractivity contribution in [3.8, 4) is 22.8 Å². The maximum Gasteiger partial charge on any atom is 0.341 e. The van der Waals surface area contributed by atoms with E-state index in [-0.39, 0.29) is 29.5 Å². The first-order valence-corrected chi connectivity index (χ1v) is 9.41. The molecule has 1 N–H and O–H groups in total. The van der Waals surface area contributed by atoms with E-state index in [0.29, 0.717) is 28.7 Å². The summed E-state index contributed by atoms with van der Waals surface area (Å²) < 4.78 is 18.4. The lowest BCUT2D eigenvalue weighted by molar-refractivity contribution is 0.0521. The van der Waals surface area contributed by atoms with Crippen LogP contribution in [0.3, 0.4) is 0 Å². The molecule has 0 radical (unpaired) electrons. The van der Waals surface area contributed by atoms with Crippen molar-refractivity contribution in [1.82, 2.24) is 4.57 Å². The molecular weight excluding hydrogens is 384 g/mol.